The lowest BCUT2D eigenvalue weighted by atomic mass is 10.1. The lowest BCUT2D eigenvalue weighted by Crippen LogP contribution is -2.32. The van der Waals surface area contributed by atoms with E-state index in [0.29, 0.717) is 31.0 Å². The van der Waals surface area contributed by atoms with Gasteiger partial charge in [-0.05, 0) is 76.5 Å². The summed E-state index contributed by atoms with van der Waals surface area (Å²) in [5.41, 5.74) is 3.48. The van der Waals surface area contributed by atoms with E-state index in [1.165, 1.54) is 17.0 Å². The highest BCUT2D eigenvalue weighted by molar-refractivity contribution is 7.09. The van der Waals surface area contributed by atoms with Gasteiger partial charge in [0, 0.05) is 29.0 Å². The largest absolute Gasteiger partial charge is 0.322 e. The molecule has 184 valence electrons. The van der Waals surface area contributed by atoms with Gasteiger partial charge >= 0.3 is 0 Å². The number of hydrogen-bond donors (Lipinski definition) is 1. The molecule has 2 aromatic carbocycles. The molecule has 0 saturated carbocycles. The number of rotatable bonds is 9. The molecule has 1 atom stereocenters. The molecule has 5 rings (SSSR count). The summed E-state index contributed by atoms with van der Waals surface area (Å²) in [6, 6.07) is 18.4. The minimum atomic E-state index is -0.278. The molecule has 9 heteroatoms. The molecule has 0 bridgehead atoms. The Bertz CT molecular complexity index is 1510. The number of aryl methyl sites for hydroxylation is 1. The summed E-state index contributed by atoms with van der Waals surface area (Å²) in [6.07, 6.45) is 0.750. The van der Waals surface area contributed by atoms with Gasteiger partial charge in [-0.25, -0.2) is 9.07 Å². The van der Waals surface area contributed by atoms with E-state index in [1.807, 2.05) is 31.2 Å². The molecular formula is C27H27FN6OS. The first-order valence-corrected chi connectivity index (χ1v) is 12.8. The second-order valence-electron chi connectivity index (χ2n) is 8.94. The Hall–Kier alpha value is -3.69. The van der Waals surface area contributed by atoms with E-state index in [-0.39, 0.29) is 17.4 Å². The van der Waals surface area contributed by atoms with Gasteiger partial charge in [0.2, 0.25) is 0 Å². The lowest BCUT2D eigenvalue weighted by Gasteiger charge is -2.30. The Kier molecular flexibility index (Phi) is 7.02. The fourth-order valence-electron chi connectivity index (χ4n) is 4.52. The summed E-state index contributed by atoms with van der Waals surface area (Å²) in [5, 5.41) is 15.6. The standard InChI is InChI=1S/C27H27FN6OS/c1-3-25(26-30-31-32-34(26)15-19-7-9-22(28)10-8-19)33(17-23-5-4-12-36-23)16-21-14-20-13-18(2)6-11-24(20)29-27(21)35/h4-14,25H,3,15-17H2,1-2H3,(H,29,35)/t25-/m1/s1. The third kappa shape index (κ3) is 5.27. The van der Waals surface area contributed by atoms with Crippen molar-refractivity contribution in [2.24, 2.45) is 0 Å². The van der Waals surface area contributed by atoms with E-state index in [0.717, 1.165) is 28.5 Å². The van der Waals surface area contributed by atoms with Gasteiger partial charge in [0.1, 0.15) is 5.82 Å². The van der Waals surface area contributed by atoms with Crippen molar-refractivity contribution in [2.75, 3.05) is 0 Å². The van der Waals surface area contributed by atoms with Gasteiger partial charge in [-0.3, -0.25) is 9.69 Å². The van der Waals surface area contributed by atoms with E-state index in [9.17, 15) is 9.18 Å². The Labute approximate surface area is 212 Å². The molecule has 3 heterocycles. The normalized spacial score (nSPS) is 12.4. The average molecular weight is 503 g/mol. The predicted octanol–water partition coefficient (Wildman–Crippen LogP) is 5.23. The molecule has 0 aliphatic rings. The molecule has 0 aliphatic carbocycles. The highest BCUT2D eigenvalue weighted by atomic mass is 32.1. The van der Waals surface area contributed by atoms with Crippen LogP contribution in [0, 0.1) is 12.7 Å². The van der Waals surface area contributed by atoms with Crippen LogP contribution >= 0.6 is 11.3 Å². The van der Waals surface area contributed by atoms with Crippen molar-refractivity contribution in [1.82, 2.24) is 30.1 Å². The molecular weight excluding hydrogens is 475 g/mol. The molecule has 0 amide bonds. The monoisotopic (exact) mass is 502 g/mol. The molecule has 0 aliphatic heterocycles. The molecule has 0 radical (unpaired) electrons. The molecule has 3 aromatic heterocycles. The van der Waals surface area contributed by atoms with Gasteiger partial charge in [-0.15, -0.1) is 16.4 Å². The zero-order valence-electron chi connectivity index (χ0n) is 20.2. The third-order valence-electron chi connectivity index (χ3n) is 6.32. The highest BCUT2D eigenvalue weighted by Crippen LogP contribution is 2.28. The van der Waals surface area contributed by atoms with E-state index in [1.54, 1.807) is 28.2 Å². The maximum atomic E-state index is 13.4. The van der Waals surface area contributed by atoms with Crippen LogP contribution in [0.5, 0.6) is 0 Å². The number of nitrogens with one attached hydrogen (secondary N) is 1. The Morgan fingerprint density at radius 2 is 1.94 bits per heavy atom. The van der Waals surface area contributed by atoms with Crippen LogP contribution in [0.4, 0.5) is 4.39 Å². The molecule has 5 aromatic rings. The van der Waals surface area contributed by atoms with E-state index in [2.05, 4.69) is 49.8 Å². The van der Waals surface area contributed by atoms with Crippen molar-refractivity contribution in [3.63, 3.8) is 0 Å². The second-order valence-corrected chi connectivity index (χ2v) is 9.98. The molecule has 0 unspecified atom stereocenters. The number of aromatic amines is 1. The van der Waals surface area contributed by atoms with Crippen LogP contribution in [0.25, 0.3) is 10.9 Å². The summed E-state index contributed by atoms with van der Waals surface area (Å²) >= 11 is 1.68. The molecule has 36 heavy (non-hydrogen) atoms. The van der Waals surface area contributed by atoms with Gasteiger partial charge in [0.05, 0.1) is 12.6 Å². The number of hydrogen-bond acceptors (Lipinski definition) is 6. The molecule has 0 fully saturated rings. The minimum absolute atomic E-state index is 0.0942. The fourth-order valence-corrected chi connectivity index (χ4v) is 5.25. The first kappa shape index (κ1) is 24.0. The van der Waals surface area contributed by atoms with Crippen molar-refractivity contribution in [3.05, 3.63) is 110 Å². The number of benzene rings is 2. The number of tetrazole rings is 1. The van der Waals surface area contributed by atoms with Crippen molar-refractivity contribution in [2.45, 2.75) is 45.9 Å². The highest BCUT2D eigenvalue weighted by Gasteiger charge is 2.26. The number of pyridine rings is 1. The predicted molar refractivity (Wildman–Crippen MR) is 139 cm³/mol. The van der Waals surface area contributed by atoms with Crippen molar-refractivity contribution < 1.29 is 4.39 Å². The zero-order chi connectivity index (χ0) is 25.1. The smallest absolute Gasteiger partial charge is 0.252 e. The summed E-state index contributed by atoms with van der Waals surface area (Å²) in [7, 11) is 0. The van der Waals surface area contributed by atoms with Crippen molar-refractivity contribution in [1.29, 1.82) is 0 Å². The quantitative estimate of drug-likeness (QED) is 0.299. The van der Waals surface area contributed by atoms with Crippen LogP contribution in [-0.4, -0.2) is 30.1 Å². The SMILES string of the molecule is CC[C@H](c1nnnn1Cc1ccc(F)cc1)N(Cc1cccs1)Cc1cc2cc(C)ccc2[nH]c1=O. The van der Waals surface area contributed by atoms with Crippen molar-refractivity contribution in [3.8, 4) is 0 Å². The molecule has 1 N–H and O–H groups in total. The number of thiophene rings is 1. The van der Waals surface area contributed by atoms with Gasteiger partial charge in [-0.2, -0.15) is 0 Å². The first-order chi connectivity index (χ1) is 17.5. The van der Waals surface area contributed by atoms with Crippen LogP contribution in [0.15, 0.2) is 70.8 Å². The number of nitrogens with zero attached hydrogens (tertiary/aromatic N) is 5. The zero-order valence-corrected chi connectivity index (χ0v) is 21.0. The Morgan fingerprint density at radius 1 is 1.11 bits per heavy atom. The fraction of sp³-hybridized carbons (Fsp3) is 0.259. The van der Waals surface area contributed by atoms with Gasteiger partial charge < -0.3 is 4.98 Å². The molecule has 0 spiro atoms. The molecule has 7 nitrogen and oxygen atoms in total. The lowest BCUT2D eigenvalue weighted by molar-refractivity contribution is 0.163. The van der Waals surface area contributed by atoms with E-state index < -0.39 is 0 Å². The summed E-state index contributed by atoms with van der Waals surface area (Å²) in [5.74, 6) is 0.437. The van der Waals surface area contributed by atoms with Gasteiger partial charge in [-0.1, -0.05) is 36.8 Å². The molecule has 0 saturated heterocycles. The number of H-pyrrole nitrogens is 1. The minimum Gasteiger partial charge on any atom is -0.322 e. The topological polar surface area (TPSA) is 79.7 Å². The number of aromatic nitrogens is 5. The van der Waals surface area contributed by atoms with Crippen LogP contribution in [0.3, 0.4) is 0 Å². The Balaban J connectivity index is 1.50. The van der Waals surface area contributed by atoms with Gasteiger partial charge in [0.15, 0.2) is 5.82 Å². The number of fused-ring (bicyclic) bond motifs is 1. The Morgan fingerprint density at radius 3 is 2.69 bits per heavy atom. The second kappa shape index (κ2) is 10.5. The van der Waals surface area contributed by atoms with Crippen LogP contribution < -0.4 is 5.56 Å². The third-order valence-corrected chi connectivity index (χ3v) is 7.18. The average Bonchev–Trinajstić information content (AvgIpc) is 3.54. The van der Waals surface area contributed by atoms with E-state index >= 15 is 0 Å². The first-order valence-electron chi connectivity index (χ1n) is 11.9. The van der Waals surface area contributed by atoms with Crippen LogP contribution in [0.1, 0.15) is 46.8 Å². The van der Waals surface area contributed by atoms with E-state index in [4.69, 9.17) is 0 Å². The van der Waals surface area contributed by atoms with Gasteiger partial charge in [0.25, 0.3) is 5.56 Å². The summed E-state index contributed by atoms with van der Waals surface area (Å²) < 4.78 is 15.2. The maximum Gasteiger partial charge on any atom is 0.252 e. The number of halogens is 1. The van der Waals surface area contributed by atoms with Crippen LogP contribution in [-0.2, 0) is 19.6 Å². The summed E-state index contributed by atoms with van der Waals surface area (Å²) in [6.45, 7) is 5.67. The maximum absolute atomic E-state index is 13.4. The summed E-state index contributed by atoms with van der Waals surface area (Å²) in [4.78, 5) is 19.5. The van der Waals surface area contributed by atoms with Crippen LogP contribution in [0.2, 0.25) is 0 Å². The van der Waals surface area contributed by atoms with Crippen molar-refractivity contribution >= 4 is 22.2 Å².